The van der Waals surface area contributed by atoms with Crippen molar-refractivity contribution in [1.82, 2.24) is 25.5 Å². The third-order valence-electron chi connectivity index (χ3n) is 8.14. The molecule has 1 aliphatic heterocycles. The van der Waals surface area contributed by atoms with E-state index >= 15 is 0 Å². The molecule has 2 unspecified atom stereocenters. The van der Waals surface area contributed by atoms with Gasteiger partial charge in [0.2, 0.25) is 11.8 Å². The number of carbonyl (C=O) groups is 2. The van der Waals surface area contributed by atoms with E-state index in [0.717, 1.165) is 65.6 Å². The molecule has 0 aliphatic carbocycles. The summed E-state index contributed by atoms with van der Waals surface area (Å²) in [7, 11) is 1.76. The van der Waals surface area contributed by atoms with E-state index in [4.69, 9.17) is 4.98 Å². The third-order valence-corrected chi connectivity index (χ3v) is 9.09. The molecule has 1 aliphatic rings. The number of likely N-dealkylation sites (tertiary alicyclic amines) is 1. The molecule has 1 fully saturated rings. The molecule has 0 radical (unpaired) electrons. The van der Waals surface area contributed by atoms with Gasteiger partial charge >= 0.3 is 0 Å². The minimum absolute atomic E-state index is 0.00409. The zero-order valence-electron chi connectivity index (χ0n) is 23.3. The number of thiazole rings is 1. The van der Waals surface area contributed by atoms with Crippen molar-refractivity contribution in [2.45, 2.75) is 83.8 Å². The lowest BCUT2D eigenvalue weighted by atomic mass is 9.81. The largest absolute Gasteiger partial charge is 0.340 e. The second-order valence-electron chi connectivity index (χ2n) is 10.7. The lowest BCUT2D eigenvalue weighted by molar-refractivity contribution is -0.144. The molecule has 4 atom stereocenters. The fraction of sp³-hybridized carbons (Fsp3) is 0.533. The Bertz CT molecular complexity index is 1250. The van der Waals surface area contributed by atoms with Gasteiger partial charge in [-0.25, -0.2) is 4.98 Å². The number of nitrogens with one attached hydrogen (secondary N) is 2. The molecule has 2 amide bonds. The second-order valence-corrected chi connectivity index (χ2v) is 11.6. The van der Waals surface area contributed by atoms with Crippen molar-refractivity contribution < 1.29 is 9.59 Å². The number of unbranched alkanes of at least 4 members (excludes halogenated alkanes) is 2. The monoisotopic (exact) mass is 535 g/mol. The first-order valence-electron chi connectivity index (χ1n) is 13.9. The summed E-state index contributed by atoms with van der Waals surface area (Å²) in [6.45, 7) is 8.67. The van der Waals surface area contributed by atoms with E-state index in [9.17, 15) is 9.59 Å². The number of amides is 2. The topological polar surface area (TPSA) is 87.2 Å². The van der Waals surface area contributed by atoms with Gasteiger partial charge in [-0.3, -0.25) is 14.6 Å². The minimum Gasteiger partial charge on any atom is -0.340 e. The van der Waals surface area contributed by atoms with Gasteiger partial charge in [0.1, 0.15) is 10.5 Å². The average molecular weight is 536 g/mol. The Hall–Kier alpha value is -2.84. The highest BCUT2D eigenvalue weighted by Gasteiger charge is 2.46. The van der Waals surface area contributed by atoms with Gasteiger partial charge in [0.05, 0.1) is 17.8 Å². The van der Waals surface area contributed by atoms with Crippen LogP contribution in [0.25, 0.3) is 22.0 Å². The average Bonchev–Trinajstić information content (AvgIpc) is 3.61. The predicted octanol–water partition coefficient (Wildman–Crippen LogP) is 5.72. The summed E-state index contributed by atoms with van der Waals surface area (Å²) in [5.74, 6) is -0.157. The highest BCUT2D eigenvalue weighted by molar-refractivity contribution is 7.10. The molecule has 4 rings (SSSR count). The molecule has 0 bridgehead atoms. The van der Waals surface area contributed by atoms with Crippen LogP contribution < -0.4 is 10.6 Å². The number of aromatic nitrogens is 2. The summed E-state index contributed by atoms with van der Waals surface area (Å²) >= 11 is 1.60. The molecular weight excluding hydrogens is 494 g/mol. The highest BCUT2D eigenvalue weighted by atomic mass is 32.1. The van der Waals surface area contributed by atoms with E-state index < -0.39 is 5.54 Å². The fourth-order valence-electron chi connectivity index (χ4n) is 5.32. The molecule has 0 saturated carbocycles. The van der Waals surface area contributed by atoms with Crippen molar-refractivity contribution in [2.24, 2.45) is 5.92 Å². The number of rotatable bonds is 11. The summed E-state index contributed by atoms with van der Waals surface area (Å²) in [5, 5.41) is 11.4. The number of benzene rings is 1. The van der Waals surface area contributed by atoms with Crippen LogP contribution in [0.3, 0.4) is 0 Å². The van der Waals surface area contributed by atoms with E-state index in [2.05, 4.69) is 47.0 Å². The van der Waals surface area contributed by atoms with E-state index in [1.165, 1.54) is 0 Å². The minimum atomic E-state index is -0.988. The molecule has 1 aromatic carbocycles. The van der Waals surface area contributed by atoms with Gasteiger partial charge in [0, 0.05) is 35.3 Å². The fourth-order valence-corrected chi connectivity index (χ4v) is 6.29. The zero-order chi connectivity index (χ0) is 27.3. The quantitative estimate of drug-likeness (QED) is 0.307. The van der Waals surface area contributed by atoms with Crippen LogP contribution in [0.1, 0.15) is 77.3 Å². The van der Waals surface area contributed by atoms with Crippen LogP contribution >= 0.6 is 11.3 Å². The van der Waals surface area contributed by atoms with Crippen molar-refractivity contribution >= 4 is 33.9 Å². The van der Waals surface area contributed by atoms with Crippen molar-refractivity contribution in [3.63, 3.8) is 0 Å². The van der Waals surface area contributed by atoms with Crippen LogP contribution in [-0.2, 0) is 9.59 Å². The molecule has 38 heavy (non-hydrogen) atoms. The van der Waals surface area contributed by atoms with Gasteiger partial charge in [-0.1, -0.05) is 57.4 Å². The Balaban J connectivity index is 1.61. The third kappa shape index (κ3) is 5.76. The lowest BCUT2D eigenvalue weighted by Crippen LogP contribution is -2.63. The molecule has 8 heteroatoms. The second kappa shape index (κ2) is 12.3. The van der Waals surface area contributed by atoms with Crippen LogP contribution in [0.4, 0.5) is 0 Å². The van der Waals surface area contributed by atoms with Crippen LogP contribution in [0.5, 0.6) is 0 Å². The van der Waals surface area contributed by atoms with Crippen LogP contribution in [0.15, 0.2) is 42.0 Å². The van der Waals surface area contributed by atoms with Crippen LogP contribution in [0, 0.1) is 5.92 Å². The predicted molar refractivity (Wildman–Crippen MR) is 155 cm³/mol. The molecule has 2 N–H and O–H groups in total. The van der Waals surface area contributed by atoms with E-state index in [1.807, 2.05) is 43.3 Å². The van der Waals surface area contributed by atoms with Crippen molar-refractivity contribution in [3.05, 3.63) is 47.0 Å². The summed E-state index contributed by atoms with van der Waals surface area (Å²) in [6.07, 6.45) is 9.69. The smallest absolute Gasteiger partial charge is 0.248 e. The van der Waals surface area contributed by atoms with E-state index in [0.29, 0.717) is 6.54 Å². The molecule has 7 nitrogen and oxygen atoms in total. The zero-order valence-corrected chi connectivity index (χ0v) is 24.1. The molecule has 204 valence electrons. The van der Waals surface area contributed by atoms with Crippen LogP contribution in [-0.4, -0.2) is 51.9 Å². The molecule has 0 spiro atoms. The van der Waals surface area contributed by atoms with Crippen molar-refractivity contribution in [1.29, 1.82) is 0 Å². The van der Waals surface area contributed by atoms with Gasteiger partial charge in [-0.05, 0) is 51.5 Å². The number of hydrogen-bond donors (Lipinski definition) is 2. The maximum absolute atomic E-state index is 14.3. The maximum Gasteiger partial charge on any atom is 0.248 e. The standard InChI is InChI=1S/C30H41N5O2S/c1-6-7-8-12-20(2)30(4,34-27(36)21(3)31-5)29(37)35-16-11-15-26(35)28-33-25(19-38-28)24-18-32-17-22-13-9-10-14-23(22)24/h9-10,13-14,17-21,26,31H,6-8,11-12,15-16H2,1-5H3,(H,34,36)/t20?,21-,26-,30?/m0/s1. The van der Waals surface area contributed by atoms with Gasteiger partial charge in [0.25, 0.3) is 0 Å². The molecule has 2 aromatic heterocycles. The van der Waals surface area contributed by atoms with E-state index in [1.54, 1.807) is 18.4 Å². The first kappa shape index (κ1) is 28.2. The van der Waals surface area contributed by atoms with Gasteiger partial charge in [-0.2, -0.15) is 0 Å². The summed E-state index contributed by atoms with van der Waals surface area (Å²) in [5.41, 5.74) is 0.905. The number of carbonyl (C=O) groups excluding carboxylic acids is 2. The Labute approximate surface area is 230 Å². The number of likely N-dealkylation sites (N-methyl/N-ethyl adjacent to an activating group) is 1. The highest BCUT2D eigenvalue weighted by Crippen LogP contribution is 2.39. The lowest BCUT2D eigenvalue weighted by Gasteiger charge is -2.40. The molecule has 3 heterocycles. The van der Waals surface area contributed by atoms with Crippen molar-refractivity contribution in [3.8, 4) is 11.3 Å². The first-order chi connectivity index (χ1) is 18.3. The van der Waals surface area contributed by atoms with Gasteiger partial charge < -0.3 is 15.5 Å². The maximum atomic E-state index is 14.3. The molecule has 1 saturated heterocycles. The van der Waals surface area contributed by atoms with Gasteiger partial charge in [0.15, 0.2) is 0 Å². The summed E-state index contributed by atoms with van der Waals surface area (Å²) < 4.78 is 0. The van der Waals surface area contributed by atoms with Crippen molar-refractivity contribution in [2.75, 3.05) is 13.6 Å². The normalized spacial score (nSPS) is 18.8. The SMILES string of the molecule is CCCCCC(C)C(C)(NC(=O)[C@H](C)NC)C(=O)N1CCC[C@H]1c1nc(-c2cncc3ccccc23)cs1. The Kier molecular flexibility index (Phi) is 9.15. The molecule has 3 aromatic rings. The van der Waals surface area contributed by atoms with Gasteiger partial charge in [-0.15, -0.1) is 11.3 Å². The molecular formula is C30H41N5O2S. The Morgan fingerprint density at radius 2 is 2.00 bits per heavy atom. The number of nitrogens with zero attached hydrogens (tertiary/aromatic N) is 3. The summed E-state index contributed by atoms with van der Waals surface area (Å²) in [6, 6.07) is 7.72. The summed E-state index contributed by atoms with van der Waals surface area (Å²) in [4.78, 5) is 38.7. The first-order valence-corrected chi connectivity index (χ1v) is 14.8. The number of fused-ring (bicyclic) bond motifs is 1. The number of pyridine rings is 1. The van der Waals surface area contributed by atoms with Crippen LogP contribution in [0.2, 0.25) is 0 Å². The van der Waals surface area contributed by atoms with E-state index in [-0.39, 0.29) is 29.8 Å². The Morgan fingerprint density at radius 3 is 2.76 bits per heavy atom. The Morgan fingerprint density at radius 1 is 1.21 bits per heavy atom. The number of hydrogen-bond acceptors (Lipinski definition) is 6.